The zero-order chi connectivity index (χ0) is 28.9. The number of amides is 4. The lowest BCUT2D eigenvalue weighted by Gasteiger charge is -2.50. The number of nitrogens with zero attached hydrogens (tertiary/aromatic N) is 2. The third-order valence-corrected chi connectivity index (χ3v) is 11.0. The second-order valence-corrected chi connectivity index (χ2v) is 12.9. The molecule has 0 bridgehead atoms. The smallest absolute Gasteiger partial charge is 0.258 e. The fourth-order valence-corrected chi connectivity index (χ4v) is 8.41. The second-order valence-electron chi connectivity index (χ2n) is 10.5. The number of anilines is 1. The van der Waals surface area contributed by atoms with Gasteiger partial charge in [-0.15, -0.1) is 23.2 Å². The van der Waals surface area contributed by atoms with Crippen LogP contribution >= 0.6 is 45.8 Å². The first-order valence-electron chi connectivity index (χ1n) is 12.5. The van der Waals surface area contributed by atoms with E-state index in [9.17, 15) is 28.7 Å². The molecule has 12 heteroatoms. The summed E-state index contributed by atoms with van der Waals surface area (Å²) in [7, 11) is 2.81. The molecule has 8 nitrogen and oxygen atoms in total. The number of phenolic OH excluding ortho intramolecular Hbond substituents is 1. The van der Waals surface area contributed by atoms with Crippen LogP contribution in [0.5, 0.6) is 11.5 Å². The monoisotopic (exact) mass is 698 g/mol. The van der Waals surface area contributed by atoms with E-state index in [1.807, 2.05) is 28.7 Å². The minimum Gasteiger partial charge on any atom is -0.504 e. The molecule has 2 aliphatic carbocycles. The Morgan fingerprint density at radius 1 is 1.05 bits per heavy atom. The molecule has 2 aromatic carbocycles. The summed E-state index contributed by atoms with van der Waals surface area (Å²) >= 11 is 16.5. The van der Waals surface area contributed by atoms with E-state index >= 15 is 0 Å². The van der Waals surface area contributed by atoms with Crippen LogP contribution in [0.2, 0.25) is 0 Å². The van der Waals surface area contributed by atoms with E-state index in [-0.39, 0.29) is 41.8 Å². The molecule has 6 unspecified atom stereocenters. The first-order valence-corrected chi connectivity index (χ1v) is 14.3. The number of fused-ring (bicyclic) bond motifs is 4. The lowest BCUT2D eigenvalue weighted by atomic mass is 9.56. The first-order chi connectivity index (χ1) is 18.9. The molecule has 1 N–H and O–H groups in total. The number of ether oxygens (including phenoxy) is 1. The molecule has 2 aromatic rings. The van der Waals surface area contributed by atoms with Gasteiger partial charge in [0.05, 0.1) is 28.2 Å². The van der Waals surface area contributed by atoms with Gasteiger partial charge in [-0.1, -0.05) is 11.6 Å². The van der Waals surface area contributed by atoms with E-state index in [4.69, 9.17) is 27.9 Å². The van der Waals surface area contributed by atoms with E-state index in [1.54, 1.807) is 6.07 Å². The number of allylic oxidation sites excluding steroid dienone is 2. The number of hydrogen-bond donors (Lipinski definition) is 1. The summed E-state index contributed by atoms with van der Waals surface area (Å²) in [5.74, 6) is -5.91. The van der Waals surface area contributed by atoms with Gasteiger partial charge < -0.3 is 9.84 Å². The van der Waals surface area contributed by atoms with Crippen molar-refractivity contribution in [2.24, 2.45) is 17.8 Å². The number of aromatic hydroxyl groups is 1. The predicted molar refractivity (Wildman–Crippen MR) is 152 cm³/mol. The lowest BCUT2D eigenvalue weighted by molar-refractivity contribution is -0.138. The van der Waals surface area contributed by atoms with Crippen molar-refractivity contribution < 1.29 is 33.4 Å². The van der Waals surface area contributed by atoms with Crippen LogP contribution in [0.3, 0.4) is 0 Å². The average Bonchev–Trinajstić information content (AvgIpc) is 3.24. The molecule has 0 spiro atoms. The van der Waals surface area contributed by atoms with E-state index in [0.717, 1.165) is 21.9 Å². The number of carbonyl (C=O) groups excluding carboxylic acids is 4. The molecule has 40 heavy (non-hydrogen) atoms. The fraction of sp³-hybridized carbons (Fsp3) is 0.357. The van der Waals surface area contributed by atoms with Gasteiger partial charge in [0, 0.05) is 13.0 Å². The molecule has 2 heterocycles. The maximum Gasteiger partial charge on any atom is 0.258 e. The molecule has 2 aliphatic heterocycles. The third-order valence-electron chi connectivity index (χ3n) is 8.72. The summed E-state index contributed by atoms with van der Waals surface area (Å²) in [6, 6.07) is 7.99. The number of imide groups is 2. The minimum atomic E-state index is -2.06. The van der Waals surface area contributed by atoms with Crippen molar-refractivity contribution >= 4 is 75.1 Å². The SMILES string of the molecule is COc1cc(C2C3=CCC4C(=O)N(C)C(=O)C4C3CC3(Cl)C(=O)N(c4ccc(F)cc4)C(=O)C23Cl)cc(I)c1O. The summed E-state index contributed by atoms with van der Waals surface area (Å²) in [6.45, 7) is 0. The van der Waals surface area contributed by atoms with Crippen molar-refractivity contribution in [3.63, 3.8) is 0 Å². The van der Waals surface area contributed by atoms with Crippen LogP contribution < -0.4 is 9.64 Å². The fourth-order valence-electron chi connectivity index (χ4n) is 6.85. The number of rotatable bonds is 3. The van der Waals surface area contributed by atoms with E-state index in [2.05, 4.69) is 0 Å². The van der Waals surface area contributed by atoms with E-state index in [0.29, 0.717) is 14.7 Å². The molecule has 6 rings (SSSR count). The summed E-state index contributed by atoms with van der Waals surface area (Å²) in [5, 5.41) is 10.5. The average molecular weight is 699 g/mol. The standard InChI is InChI=1S/C28H22Cl2FIN2O6/c1-33-23(36)16-8-7-15-17(20(16)24(33)37)11-27(29)25(38)34(14-5-3-13(31)4-6-14)26(39)28(27,30)21(15)12-9-18(32)22(35)19(10-12)40-2/h3-7,9-10,16-17,20-21,35H,8,11H2,1-2H3. The van der Waals surface area contributed by atoms with Crippen LogP contribution in [-0.4, -0.2) is 57.5 Å². The van der Waals surface area contributed by atoms with Crippen LogP contribution in [0.25, 0.3) is 0 Å². The highest BCUT2D eigenvalue weighted by atomic mass is 127. The highest BCUT2D eigenvalue weighted by Gasteiger charge is 2.76. The Kier molecular flexibility index (Phi) is 6.29. The van der Waals surface area contributed by atoms with Gasteiger partial charge in [-0.25, -0.2) is 9.29 Å². The summed E-state index contributed by atoms with van der Waals surface area (Å²) < 4.78 is 19.5. The van der Waals surface area contributed by atoms with Gasteiger partial charge in [-0.3, -0.25) is 24.1 Å². The Hall–Kier alpha value is -2.70. The highest BCUT2D eigenvalue weighted by molar-refractivity contribution is 14.1. The second kappa shape index (κ2) is 9.15. The largest absolute Gasteiger partial charge is 0.504 e. The van der Waals surface area contributed by atoms with Gasteiger partial charge in [0.15, 0.2) is 21.2 Å². The third kappa shape index (κ3) is 3.41. The maximum atomic E-state index is 14.3. The van der Waals surface area contributed by atoms with Crippen molar-refractivity contribution in [2.75, 3.05) is 19.1 Å². The van der Waals surface area contributed by atoms with E-state index in [1.165, 1.54) is 32.4 Å². The van der Waals surface area contributed by atoms with Gasteiger partial charge in [-0.05, 0) is 83.3 Å². The number of halogens is 4. The van der Waals surface area contributed by atoms with E-state index < -0.39 is 51.1 Å². The number of likely N-dealkylation sites (tertiary alicyclic amines) is 1. The number of methoxy groups -OCH3 is 1. The molecule has 2 saturated heterocycles. The zero-order valence-electron chi connectivity index (χ0n) is 21.2. The normalized spacial score (nSPS) is 33.1. The zero-order valence-corrected chi connectivity index (χ0v) is 24.8. The van der Waals surface area contributed by atoms with Crippen molar-refractivity contribution in [3.05, 3.63) is 63.0 Å². The molecule has 0 radical (unpaired) electrons. The van der Waals surface area contributed by atoms with Crippen LogP contribution in [0.1, 0.15) is 24.3 Å². The summed E-state index contributed by atoms with van der Waals surface area (Å²) in [6.07, 6.45) is 1.91. The minimum absolute atomic E-state index is 0.101. The van der Waals surface area contributed by atoms with Crippen LogP contribution in [0, 0.1) is 27.1 Å². The van der Waals surface area contributed by atoms with Crippen molar-refractivity contribution in [1.29, 1.82) is 0 Å². The van der Waals surface area contributed by atoms with Gasteiger partial charge in [0.25, 0.3) is 11.8 Å². The molecule has 0 aromatic heterocycles. The Balaban J connectivity index is 1.60. The van der Waals surface area contributed by atoms with Crippen molar-refractivity contribution in [2.45, 2.75) is 28.5 Å². The van der Waals surface area contributed by atoms with Gasteiger partial charge in [0.1, 0.15) is 5.82 Å². The van der Waals surface area contributed by atoms with Crippen LogP contribution in [-0.2, 0) is 19.2 Å². The number of carbonyl (C=O) groups is 4. The molecule has 4 amide bonds. The topological polar surface area (TPSA) is 104 Å². The maximum absolute atomic E-state index is 14.3. The molecule has 3 fully saturated rings. The first kappa shape index (κ1) is 27.5. The van der Waals surface area contributed by atoms with Gasteiger partial charge in [-0.2, -0.15) is 0 Å². The number of alkyl halides is 2. The number of benzene rings is 2. The Morgan fingerprint density at radius 3 is 2.38 bits per heavy atom. The molecule has 208 valence electrons. The van der Waals surface area contributed by atoms with Gasteiger partial charge >= 0.3 is 0 Å². The Morgan fingerprint density at radius 2 is 1.73 bits per heavy atom. The van der Waals surface area contributed by atoms with Gasteiger partial charge in [0.2, 0.25) is 11.8 Å². The van der Waals surface area contributed by atoms with Crippen molar-refractivity contribution in [1.82, 2.24) is 4.90 Å². The number of hydrogen-bond acceptors (Lipinski definition) is 6. The Bertz CT molecular complexity index is 1550. The van der Waals surface area contributed by atoms with Crippen LogP contribution in [0.4, 0.5) is 10.1 Å². The highest BCUT2D eigenvalue weighted by Crippen LogP contribution is 2.66. The molecule has 4 aliphatic rings. The quantitative estimate of drug-likeness (QED) is 0.222. The lowest BCUT2D eigenvalue weighted by Crippen LogP contribution is -2.60. The van der Waals surface area contributed by atoms with Crippen LogP contribution in [0.15, 0.2) is 48.0 Å². The molecule has 6 atom stereocenters. The van der Waals surface area contributed by atoms with Crippen molar-refractivity contribution in [3.8, 4) is 11.5 Å². The summed E-state index contributed by atoms with van der Waals surface area (Å²) in [5.41, 5.74) is 1.17. The molecule has 1 saturated carbocycles. The molecular formula is C28H22Cl2FIN2O6. The molecular weight excluding hydrogens is 677 g/mol. The summed E-state index contributed by atoms with van der Waals surface area (Å²) in [4.78, 5) is 52.5. The predicted octanol–water partition coefficient (Wildman–Crippen LogP) is 4.34. The Labute approximate surface area is 252 Å². The number of phenols is 1.